The second-order valence-electron chi connectivity index (χ2n) is 10.5. The second-order valence-corrected chi connectivity index (χ2v) is 11.0. The highest BCUT2D eigenvalue weighted by molar-refractivity contribution is 6.30. The van der Waals surface area contributed by atoms with Crippen molar-refractivity contribution in [1.82, 2.24) is 29.4 Å². The molecule has 1 unspecified atom stereocenters. The van der Waals surface area contributed by atoms with Gasteiger partial charge in [-0.15, -0.1) is 0 Å². The maximum Gasteiger partial charge on any atom is 0.354 e. The van der Waals surface area contributed by atoms with E-state index in [1.54, 1.807) is 30.5 Å². The Balaban J connectivity index is 1.03. The van der Waals surface area contributed by atoms with E-state index >= 15 is 0 Å². The Bertz CT molecular complexity index is 1880. The first-order valence-electron chi connectivity index (χ1n) is 13.9. The van der Waals surface area contributed by atoms with Crippen LogP contribution in [0.15, 0.2) is 58.8 Å². The van der Waals surface area contributed by atoms with E-state index in [2.05, 4.69) is 19.9 Å². The summed E-state index contributed by atoms with van der Waals surface area (Å²) in [6.07, 6.45) is 5.47. The molecule has 0 aliphatic carbocycles. The number of rotatable bonds is 9. The summed E-state index contributed by atoms with van der Waals surface area (Å²) in [4.78, 5) is 31.6. The number of hydrogen-bond acceptors (Lipinski definition) is 9. The normalized spacial score (nSPS) is 17.3. The molecular formula is C30H26ClFN6O5. The van der Waals surface area contributed by atoms with Crippen LogP contribution < -0.4 is 4.74 Å². The fourth-order valence-corrected chi connectivity index (χ4v) is 5.36. The minimum absolute atomic E-state index is 0.0119. The van der Waals surface area contributed by atoms with Gasteiger partial charge in [-0.2, -0.15) is 4.98 Å². The van der Waals surface area contributed by atoms with Gasteiger partial charge in [-0.3, -0.25) is 4.90 Å². The summed E-state index contributed by atoms with van der Waals surface area (Å²) in [5.41, 5.74) is 2.50. The lowest BCUT2D eigenvalue weighted by molar-refractivity contribution is -0.0592. The number of fused-ring (bicyclic) bond motifs is 2. The topological polar surface area (TPSA) is 129 Å². The van der Waals surface area contributed by atoms with Gasteiger partial charge in [0.15, 0.2) is 22.6 Å². The lowest BCUT2D eigenvalue weighted by atomic mass is 10.1. The molecule has 6 heterocycles. The molecule has 11 nitrogen and oxygen atoms in total. The second kappa shape index (κ2) is 11.4. The molecule has 0 spiro atoms. The Morgan fingerprint density at radius 2 is 2.07 bits per heavy atom. The Labute approximate surface area is 249 Å². The molecule has 0 radical (unpaired) electrons. The molecule has 7 rings (SSSR count). The van der Waals surface area contributed by atoms with Crippen LogP contribution in [-0.2, 0) is 24.2 Å². The van der Waals surface area contributed by atoms with E-state index in [0.717, 1.165) is 31.2 Å². The summed E-state index contributed by atoms with van der Waals surface area (Å²) in [5, 5.41) is 9.75. The molecule has 0 saturated carbocycles. The first kappa shape index (κ1) is 27.4. The van der Waals surface area contributed by atoms with E-state index in [1.807, 2.05) is 10.6 Å². The number of imidazole rings is 1. The van der Waals surface area contributed by atoms with Gasteiger partial charge in [0.2, 0.25) is 5.89 Å². The Hall–Kier alpha value is -4.39. The first-order chi connectivity index (χ1) is 20.9. The number of aromatic carboxylic acids is 1. The Kier molecular flexibility index (Phi) is 7.25. The highest BCUT2D eigenvalue weighted by Crippen LogP contribution is 2.26. The van der Waals surface area contributed by atoms with Crippen LogP contribution >= 0.6 is 11.6 Å². The van der Waals surface area contributed by atoms with Gasteiger partial charge in [0.1, 0.15) is 28.7 Å². The van der Waals surface area contributed by atoms with Crippen LogP contribution in [0.4, 0.5) is 4.39 Å². The summed E-state index contributed by atoms with van der Waals surface area (Å²) >= 11 is 5.85. The maximum absolute atomic E-state index is 14.2. The molecule has 1 saturated heterocycles. The molecule has 2 aliphatic heterocycles. The number of oxazole rings is 1. The van der Waals surface area contributed by atoms with Crippen molar-refractivity contribution in [3.63, 3.8) is 0 Å². The average Bonchev–Trinajstić information content (AvgIpc) is 3.52. The molecule has 4 aromatic heterocycles. The zero-order valence-corrected chi connectivity index (χ0v) is 23.6. The van der Waals surface area contributed by atoms with Crippen molar-refractivity contribution in [2.45, 2.75) is 38.5 Å². The van der Waals surface area contributed by atoms with Crippen molar-refractivity contribution < 1.29 is 28.2 Å². The van der Waals surface area contributed by atoms with E-state index < -0.39 is 11.8 Å². The first-order valence-corrected chi connectivity index (χ1v) is 14.3. The summed E-state index contributed by atoms with van der Waals surface area (Å²) < 4.78 is 33.8. The van der Waals surface area contributed by atoms with Crippen molar-refractivity contribution in [2.75, 3.05) is 19.7 Å². The summed E-state index contributed by atoms with van der Waals surface area (Å²) in [5.74, 6) is 1.000. The SMILES string of the molecule is O=C(O)c1ccc2nc(CN3CC=C(Oc4cnc5nc(Cc6ccc(Cl)cc6F)oc5c4)CC3)n(CC3CCO3)c2n1. The van der Waals surface area contributed by atoms with E-state index in [1.165, 1.54) is 12.1 Å². The lowest BCUT2D eigenvalue weighted by Gasteiger charge is -2.29. The van der Waals surface area contributed by atoms with Crippen molar-refractivity contribution in [3.8, 4) is 5.75 Å². The molecule has 1 N–H and O–H groups in total. The molecule has 0 bridgehead atoms. The number of carbonyl (C=O) groups is 1. The van der Waals surface area contributed by atoms with Gasteiger partial charge in [0, 0.05) is 37.2 Å². The van der Waals surface area contributed by atoms with Crippen molar-refractivity contribution >= 4 is 40.0 Å². The number of halogens is 2. The van der Waals surface area contributed by atoms with E-state index in [0.29, 0.717) is 70.7 Å². The molecule has 1 atom stereocenters. The molecule has 2 aliphatic rings. The summed E-state index contributed by atoms with van der Waals surface area (Å²) in [6, 6.07) is 9.40. The van der Waals surface area contributed by atoms with Crippen molar-refractivity contribution in [3.05, 3.63) is 88.2 Å². The van der Waals surface area contributed by atoms with E-state index in [4.69, 9.17) is 30.5 Å². The standard InChI is InChI=1S/C30H26ClFN6O5/c31-18-2-1-17(22(32)12-18)11-27-36-28-25(43-27)13-21(14-33-28)42-19-5-8-37(9-6-19)16-26-34-23-3-4-24(30(39)40)35-29(23)38(26)15-20-7-10-41-20/h1-5,12-14,20H,6-11,15-16H2,(H,39,40). The van der Waals surface area contributed by atoms with Crippen LogP contribution in [0.2, 0.25) is 5.02 Å². The molecule has 1 aromatic carbocycles. The average molecular weight is 605 g/mol. The lowest BCUT2D eigenvalue weighted by Crippen LogP contribution is -2.34. The third-order valence-electron chi connectivity index (χ3n) is 7.56. The fraction of sp³-hybridized carbons (Fsp3) is 0.300. The minimum Gasteiger partial charge on any atom is -0.477 e. The van der Waals surface area contributed by atoms with Crippen LogP contribution in [0.5, 0.6) is 5.75 Å². The molecule has 220 valence electrons. The van der Waals surface area contributed by atoms with Gasteiger partial charge in [0.05, 0.1) is 31.8 Å². The largest absolute Gasteiger partial charge is 0.477 e. The number of ether oxygens (including phenoxy) is 2. The number of nitrogens with zero attached hydrogens (tertiary/aromatic N) is 6. The molecular weight excluding hydrogens is 579 g/mol. The minimum atomic E-state index is -1.07. The maximum atomic E-state index is 14.2. The van der Waals surface area contributed by atoms with Crippen molar-refractivity contribution in [1.29, 1.82) is 0 Å². The number of hydrogen-bond donors (Lipinski definition) is 1. The van der Waals surface area contributed by atoms with Crippen LogP contribution in [0.3, 0.4) is 0 Å². The van der Waals surface area contributed by atoms with E-state index in [-0.39, 0.29) is 18.2 Å². The monoisotopic (exact) mass is 604 g/mol. The van der Waals surface area contributed by atoms with E-state index in [9.17, 15) is 14.3 Å². The Morgan fingerprint density at radius 3 is 2.81 bits per heavy atom. The van der Waals surface area contributed by atoms with Gasteiger partial charge in [0.25, 0.3) is 0 Å². The van der Waals surface area contributed by atoms with Crippen LogP contribution in [0.1, 0.15) is 40.6 Å². The predicted octanol–water partition coefficient (Wildman–Crippen LogP) is 5.01. The molecule has 1 fully saturated rings. The number of aromatic nitrogens is 5. The number of carboxylic acids is 1. The third-order valence-corrected chi connectivity index (χ3v) is 7.79. The van der Waals surface area contributed by atoms with Crippen LogP contribution in [-0.4, -0.2) is 66.3 Å². The third kappa shape index (κ3) is 5.81. The molecule has 5 aromatic rings. The number of benzene rings is 1. The quantitative estimate of drug-likeness (QED) is 0.245. The van der Waals surface area contributed by atoms with Crippen LogP contribution in [0.25, 0.3) is 22.4 Å². The number of pyridine rings is 2. The number of carboxylic acid groups (broad SMARTS) is 1. The molecule has 0 amide bonds. The predicted molar refractivity (Wildman–Crippen MR) is 153 cm³/mol. The highest BCUT2D eigenvalue weighted by Gasteiger charge is 2.25. The summed E-state index contributed by atoms with van der Waals surface area (Å²) in [7, 11) is 0. The smallest absolute Gasteiger partial charge is 0.354 e. The zero-order valence-electron chi connectivity index (χ0n) is 22.9. The van der Waals surface area contributed by atoms with Gasteiger partial charge < -0.3 is 23.6 Å². The highest BCUT2D eigenvalue weighted by atomic mass is 35.5. The molecule has 13 heteroatoms. The van der Waals surface area contributed by atoms with Gasteiger partial charge >= 0.3 is 5.97 Å². The summed E-state index contributed by atoms with van der Waals surface area (Å²) in [6.45, 7) is 3.24. The van der Waals surface area contributed by atoms with Crippen molar-refractivity contribution in [2.24, 2.45) is 0 Å². The van der Waals surface area contributed by atoms with Crippen LogP contribution in [0, 0.1) is 5.82 Å². The fourth-order valence-electron chi connectivity index (χ4n) is 5.20. The molecule has 43 heavy (non-hydrogen) atoms. The van der Waals surface area contributed by atoms with Gasteiger partial charge in [-0.25, -0.2) is 24.1 Å². The van der Waals surface area contributed by atoms with Gasteiger partial charge in [-0.1, -0.05) is 17.7 Å². The Morgan fingerprint density at radius 1 is 1.19 bits per heavy atom. The zero-order chi connectivity index (χ0) is 29.5. The van der Waals surface area contributed by atoms with Gasteiger partial charge in [-0.05, 0) is 42.3 Å².